The van der Waals surface area contributed by atoms with Gasteiger partial charge in [-0.05, 0) is 18.4 Å². The van der Waals surface area contributed by atoms with Gasteiger partial charge >= 0.3 is 5.76 Å². The number of H-pyrrole nitrogens is 1. The van der Waals surface area contributed by atoms with E-state index in [1.165, 1.54) is 0 Å². The summed E-state index contributed by atoms with van der Waals surface area (Å²) in [6.07, 6.45) is 1.48. The number of nitrogens with one attached hydrogen (secondary N) is 1. The molecule has 1 aliphatic rings. The molecule has 86 valence electrons. The van der Waals surface area contributed by atoms with E-state index in [2.05, 4.69) is 4.98 Å². The topological polar surface area (TPSA) is 63.1 Å². The van der Waals surface area contributed by atoms with Gasteiger partial charge in [0.15, 0.2) is 0 Å². The first-order valence-corrected chi connectivity index (χ1v) is 5.57. The van der Waals surface area contributed by atoms with E-state index in [4.69, 9.17) is 4.42 Å². The molecule has 1 atom stereocenters. The van der Waals surface area contributed by atoms with Crippen molar-refractivity contribution in [1.82, 2.24) is 4.98 Å². The number of aromatic nitrogens is 1. The first-order valence-electron chi connectivity index (χ1n) is 5.57. The van der Waals surface area contributed by atoms with Crippen molar-refractivity contribution in [2.24, 2.45) is 0 Å². The summed E-state index contributed by atoms with van der Waals surface area (Å²) in [6.45, 7) is 0. The van der Waals surface area contributed by atoms with Crippen LogP contribution in [0.1, 0.15) is 29.2 Å². The molecule has 0 bridgehead atoms. The van der Waals surface area contributed by atoms with E-state index in [0.717, 1.165) is 12.0 Å². The fraction of sp³-hybridized carbons (Fsp3) is 0.231. The lowest BCUT2D eigenvalue weighted by atomic mass is 9.98. The molecule has 1 N–H and O–H groups in total. The number of hydrogen-bond donors (Lipinski definition) is 1. The Hall–Kier alpha value is -2.10. The summed E-state index contributed by atoms with van der Waals surface area (Å²) in [6, 6.07) is 9.80. The van der Waals surface area contributed by atoms with Crippen LogP contribution in [0.5, 0.6) is 0 Å². The zero-order valence-corrected chi connectivity index (χ0v) is 9.10. The van der Waals surface area contributed by atoms with Crippen LogP contribution in [0.4, 0.5) is 0 Å². The zero-order chi connectivity index (χ0) is 11.8. The third-order valence-corrected chi connectivity index (χ3v) is 3.19. The standard InChI is InChI=1S/C13H11NO3/c15-12-10-7-6-9(8-4-2-1-3-5-8)11(10)17-13(16)14-12/h1-5,9H,6-7H2,(H,14,15,16)/t9-/m0/s1. The Morgan fingerprint density at radius 2 is 1.94 bits per heavy atom. The van der Waals surface area contributed by atoms with Crippen molar-refractivity contribution in [2.75, 3.05) is 0 Å². The first-order chi connectivity index (χ1) is 8.25. The molecule has 0 fully saturated rings. The van der Waals surface area contributed by atoms with Crippen LogP contribution in [-0.2, 0) is 6.42 Å². The van der Waals surface area contributed by atoms with Gasteiger partial charge in [-0.3, -0.25) is 9.78 Å². The van der Waals surface area contributed by atoms with Crippen LogP contribution in [0.2, 0.25) is 0 Å². The molecule has 2 aromatic rings. The van der Waals surface area contributed by atoms with Gasteiger partial charge in [0.2, 0.25) is 0 Å². The van der Waals surface area contributed by atoms with Crippen LogP contribution in [0, 0.1) is 0 Å². The van der Waals surface area contributed by atoms with E-state index < -0.39 is 5.76 Å². The minimum atomic E-state index is -0.670. The number of hydrogen-bond acceptors (Lipinski definition) is 3. The highest BCUT2D eigenvalue weighted by Crippen LogP contribution is 2.35. The van der Waals surface area contributed by atoms with E-state index in [-0.39, 0.29) is 11.5 Å². The van der Waals surface area contributed by atoms with E-state index in [0.29, 0.717) is 17.7 Å². The lowest BCUT2D eigenvalue weighted by molar-refractivity contribution is 0.425. The van der Waals surface area contributed by atoms with Crippen molar-refractivity contribution < 1.29 is 4.42 Å². The van der Waals surface area contributed by atoms with E-state index in [1.54, 1.807) is 0 Å². The Labute approximate surface area is 96.9 Å². The van der Waals surface area contributed by atoms with Crippen LogP contribution >= 0.6 is 0 Å². The number of benzene rings is 1. The van der Waals surface area contributed by atoms with Gasteiger partial charge in [0, 0.05) is 5.92 Å². The fourth-order valence-electron chi connectivity index (χ4n) is 2.41. The third-order valence-electron chi connectivity index (χ3n) is 3.19. The molecule has 17 heavy (non-hydrogen) atoms. The minimum absolute atomic E-state index is 0.0289. The summed E-state index contributed by atoms with van der Waals surface area (Å²) in [5.74, 6) is -0.109. The first kappa shape index (κ1) is 10.1. The van der Waals surface area contributed by atoms with Gasteiger partial charge in [0.1, 0.15) is 5.76 Å². The SMILES string of the molecule is O=c1[nH]c(=O)c2c(o1)[C@H](c1ccccc1)CC2. The van der Waals surface area contributed by atoms with Gasteiger partial charge in [-0.2, -0.15) is 0 Å². The predicted molar refractivity (Wildman–Crippen MR) is 62.2 cm³/mol. The fourth-order valence-corrected chi connectivity index (χ4v) is 2.41. The number of rotatable bonds is 1. The molecular formula is C13H11NO3. The molecular weight excluding hydrogens is 218 g/mol. The maximum absolute atomic E-state index is 11.6. The minimum Gasteiger partial charge on any atom is -0.413 e. The molecule has 3 rings (SSSR count). The highest BCUT2D eigenvalue weighted by Gasteiger charge is 2.29. The number of fused-ring (bicyclic) bond motifs is 1. The lowest BCUT2D eigenvalue weighted by Crippen LogP contribution is -2.22. The zero-order valence-electron chi connectivity index (χ0n) is 9.10. The second-order valence-corrected chi connectivity index (χ2v) is 4.19. The Morgan fingerprint density at radius 1 is 1.18 bits per heavy atom. The Morgan fingerprint density at radius 3 is 2.71 bits per heavy atom. The van der Waals surface area contributed by atoms with Gasteiger partial charge in [0.05, 0.1) is 5.56 Å². The van der Waals surface area contributed by atoms with Crippen molar-refractivity contribution >= 4 is 0 Å². The summed E-state index contributed by atoms with van der Waals surface area (Å²) in [5.41, 5.74) is 1.38. The average molecular weight is 229 g/mol. The van der Waals surface area contributed by atoms with Gasteiger partial charge in [0.25, 0.3) is 5.56 Å². The van der Waals surface area contributed by atoms with Crippen LogP contribution in [0.25, 0.3) is 0 Å². The maximum atomic E-state index is 11.6. The summed E-state index contributed by atoms with van der Waals surface area (Å²) in [4.78, 5) is 25.0. The van der Waals surface area contributed by atoms with Crippen molar-refractivity contribution in [1.29, 1.82) is 0 Å². The molecule has 0 aliphatic heterocycles. The summed E-state index contributed by atoms with van der Waals surface area (Å²) < 4.78 is 5.16. The predicted octanol–water partition coefficient (Wildman–Crippen LogP) is 1.41. The van der Waals surface area contributed by atoms with E-state index in [9.17, 15) is 9.59 Å². The highest BCUT2D eigenvalue weighted by atomic mass is 16.4. The maximum Gasteiger partial charge on any atom is 0.419 e. The molecule has 4 nitrogen and oxygen atoms in total. The molecule has 0 amide bonds. The van der Waals surface area contributed by atoms with Crippen molar-refractivity contribution in [3.8, 4) is 0 Å². The molecule has 1 heterocycles. The molecule has 0 saturated heterocycles. The summed E-state index contributed by atoms with van der Waals surface area (Å²) in [5, 5.41) is 0. The van der Waals surface area contributed by atoms with Crippen molar-refractivity contribution in [2.45, 2.75) is 18.8 Å². The molecule has 1 aliphatic carbocycles. The molecule has 0 radical (unpaired) electrons. The highest BCUT2D eigenvalue weighted by molar-refractivity contribution is 5.34. The van der Waals surface area contributed by atoms with Crippen molar-refractivity contribution in [3.63, 3.8) is 0 Å². The van der Waals surface area contributed by atoms with Crippen LogP contribution in [-0.4, -0.2) is 4.98 Å². The smallest absolute Gasteiger partial charge is 0.413 e. The van der Waals surface area contributed by atoms with Gasteiger partial charge < -0.3 is 4.42 Å². The molecule has 0 saturated carbocycles. The quantitative estimate of drug-likeness (QED) is 0.804. The molecule has 4 heteroatoms. The van der Waals surface area contributed by atoms with Gasteiger partial charge in [-0.25, -0.2) is 4.79 Å². The molecule has 1 aromatic carbocycles. The second kappa shape index (κ2) is 3.73. The van der Waals surface area contributed by atoms with Crippen LogP contribution < -0.4 is 11.3 Å². The third kappa shape index (κ3) is 1.62. The summed E-state index contributed by atoms with van der Waals surface area (Å²) in [7, 11) is 0. The Kier molecular flexibility index (Phi) is 2.21. The molecule has 0 spiro atoms. The summed E-state index contributed by atoms with van der Waals surface area (Å²) >= 11 is 0. The van der Waals surface area contributed by atoms with Gasteiger partial charge in [-0.15, -0.1) is 0 Å². The average Bonchev–Trinajstić information content (AvgIpc) is 2.74. The van der Waals surface area contributed by atoms with Crippen molar-refractivity contribution in [3.05, 3.63) is 68.1 Å². The second-order valence-electron chi connectivity index (χ2n) is 4.19. The lowest BCUT2D eigenvalue weighted by Gasteiger charge is -2.09. The monoisotopic (exact) mass is 229 g/mol. The van der Waals surface area contributed by atoms with E-state index >= 15 is 0 Å². The normalized spacial score (nSPS) is 18.0. The Balaban J connectivity index is 2.17. The molecule has 1 aromatic heterocycles. The van der Waals surface area contributed by atoms with E-state index in [1.807, 2.05) is 30.3 Å². The van der Waals surface area contributed by atoms with Crippen LogP contribution in [0.3, 0.4) is 0 Å². The van der Waals surface area contributed by atoms with Crippen LogP contribution in [0.15, 0.2) is 44.3 Å². The Bertz CT molecular complexity index is 654. The molecule has 0 unspecified atom stereocenters. The number of aromatic amines is 1. The largest absolute Gasteiger partial charge is 0.419 e. The van der Waals surface area contributed by atoms with Gasteiger partial charge in [-0.1, -0.05) is 30.3 Å².